The van der Waals surface area contributed by atoms with E-state index in [1.165, 1.54) is 35.5 Å². The molecular weight excluding hydrogens is 766 g/mol. The van der Waals surface area contributed by atoms with Gasteiger partial charge in [0.2, 0.25) is 0 Å². The number of benzene rings is 4. The van der Waals surface area contributed by atoms with Crippen LogP contribution >= 0.6 is 31.4 Å². The number of nitrogens with zero attached hydrogens (tertiary/aromatic N) is 5. The summed E-state index contributed by atoms with van der Waals surface area (Å²) >= 11 is 3.74. The molecule has 7 aromatic rings. The zero-order valence-electron chi connectivity index (χ0n) is 22.4. The topological polar surface area (TPSA) is 65.7 Å². The Morgan fingerprint density at radius 1 is 0.651 bits per heavy atom. The van der Waals surface area contributed by atoms with Crippen LogP contribution in [-0.2, 0) is 20.1 Å². The molecule has 1 atom stereocenters. The van der Waals surface area contributed by atoms with Crippen LogP contribution in [0.3, 0.4) is 0 Å². The van der Waals surface area contributed by atoms with E-state index >= 15 is 0 Å². The van der Waals surface area contributed by atoms with Crippen LogP contribution in [0.25, 0.3) is 33.9 Å². The molecule has 9 heteroatoms. The second-order valence-electron chi connectivity index (χ2n) is 9.52. The minimum atomic E-state index is -0.526. The van der Waals surface area contributed by atoms with Crippen molar-refractivity contribution in [2.24, 2.45) is 0 Å². The minimum absolute atomic E-state index is 0. The molecule has 5 nitrogen and oxygen atoms in total. The van der Waals surface area contributed by atoms with Crippen LogP contribution in [0.1, 0.15) is 0 Å². The van der Waals surface area contributed by atoms with E-state index in [0.717, 1.165) is 22.3 Å². The fourth-order valence-corrected chi connectivity index (χ4v) is 10.9. The standard InChI is InChI=1S/C23H13NPS2.C11H7N4.Ir/c1-3-10-19-17(8-1)25-18-9-2-4-11-20(18)27-22-14-15(13-21(26-19)23(22)25)16-7-5-6-12-24-16;1-2-5-9-8(4-1)14-11(15-9)10-12-6-3-7-13-10;/h1-13H;1-7H;/q2*-1;. The maximum absolute atomic E-state index is 4.55. The van der Waals surface area contributed by atoms with Crippen LogP contribution < -0.4 is 20.9 Å². The van der Waals surface area contributed by atoms with Gasteiger partial charge in [0, 0.05) is 48.5 Å². The van der Waals surface area contributed by atoms with Crippen molar-refractivity contribution in [2.45, 2.75) is 19.6 Å². The van der Waals surface area contributed by atoms with E-state index in [1.807, 2.05) is 66.1 Å². The average Bonchev–Trinajstić information content (AvgIpc) is 3.50. The first-order chi connectivity index (χ1) is 20.8. The van der Waals surface area contributed by atoms with Crippen LogP contribution in [-0.4, -0.2) is 19.9 Å². The van der Waals surface area contributed by atoms with Crippen LogP contribution in [0, 0.1) is 6.07 Å². The van der Waals surface area contributed by atoms with Gasteiger partial charge >= 0.3 is 0 Å². The number of pyridine rings is 1. The predicted octanol–water partition coefficient (Wildman–Crippen LogP) is 6.88. The molecule has 2 aliphatic heterocycles. The van der Waals surface area contributed by atoms with Crippen molar-refractivity contribution in [2.75, 3.05) is 0 Å². The van der Waals surface area contributed by atoms with Crippen molar-refractivity contribution in [1.82, 2.24) is 24.9 Å². The Balaban J connectivity index is 0.000000160. The van der Waals surface area contributed by atoms with E-state index in [0.29, 0.717) is 11.6 Å². The van der Waals surface area contributed by atoms with Gasteiger partial charge in [-0.2, -0.15) is 0 Å². The molecule has 2 aliphatic rings. The van der Waals surface area contributed by atoms with E-state index in [2.05, 4.69) is 91.6 Å². The summed E-state index contributed by atoms with van der Waals surface area (Å²) in [5.74, 6) is 1.14. The van der Waals surface area contributed by atoms with E-state index in [1.54, 1.807) is 18.5 Å². The molecule has 0 bridgehead atoms. The van der Waals surface area contributed by atoms with Gasteiger partial charge in [-0.3, -0.25) is 0 Å². The number of aromatic nitrogens is 5. The average molecular weight is 786 g/mol. The Kier molecular flexibility index (Phi) is 7.96. The van der Waals surface area contributed by atoms with Gasteiger partial charge in [-0.15, -0.1) is 41.2 Å². The minimum Gasteiger partial charge on any atom is -0.433 e. The third kappa shape index (κ3) is 5.35. The molecule has 209 valence electrons. The summed E-state index contributed by atoms with van der Waals surface area (Å²) in [5.41, 5.74) is 3.82. The number of imidazole rings is 1. The van der Waals surface area contributed by atoms with Crippen LogP contribution in [0.15, 0.2) is 141 Å². The van der Waals surface area contributed by atoms with E-state index < -0.39 is 7.92 Å². The van der Waals surface area contributed by atoms with Crippen molar-refractivity contribution in [3.05, 3.63) is 128 Å². The first-order valence-electron chi connectivity index (χ1n) is 13.3. The molecule has 0 saturated heterocycles. The van der Waals surface area contributed by atoms with Crippen molar-refractivity contribution >= 4 is 58.4 Å². The van der Waals surface area contributed by atoms with Gasteiger partial charge in [0.05, 0.1) is 0 Å². The van der Waals surface area contributed by atoms with Crippen LogP contribution in [0.4, 0.5) is 0 Å². The summed E-state index contributed by atoms with van der Waals surface area (Å²) in [4.78, 5) is 26.8. The quantitative estimate of drug-likeness (QED) is 0.140. The molecule has 9 rings (SSSR count). The number of hydrogen-bond donors (Lipinski definition) is 0. The van der Waals surface area contributed by atoms with Crippen molar-refractivity contribution in [3.8, 4) is 22.9 Å². The zero-order chi connectivity index (χ0) is 27.9. The van der Waals surface area contributed by atoms with Gasteiger partial charge in [-0.05, 0) is 57.4 Å². The molecule has 1 unspecified atom stereocenters. The molecule has 1 radical (unpaired) electrons. The van der Waals surface area contributed by atoms with Crippen molar-refractivity contribution in [1.29, 1.82) is 0 Å². The third-order valence-electron chi connectivity index (χ3n) is 6.88. The molecular formula is C34H20IrN5PS2-2. The molecule has 0 spiro atoms. The monoisotopic (exact) mass is 786 g/mol. The van der Waals surface area contributed by atoms with Crippen LogP contribution in [0.2, 0.25) is 0 Å². The molecule has 3 aromatic heterocycles. The molecule has 0 fully saturated rings. The fourth-order valence-electron chi connectivity index (χ4n) is 5.03. The van der Waals surface area contributed by atoms with E-state index in [9.17, 15) is 0 Å². The summed E-state index contributed by atoms with van der Waals surface area (Å²) in [6, 6.07) is 39.3. The first kappa shape index (κ1) is 28.1. The Bertz CT molecular complexity index is 1970. The molecule has 5 heterocycles. The summed E-state index contributed by atoms with van der Waals surface area (Å²) < 4.78 is 0. The number of fused-ring (bicyclic) bond motifs is 5. The van der Waals surface area contributed by atoms with Gasteiger partial charge in [-0.1, -0.05) is 95.8 Å². The molecule has 0 saturated carbocycles. The Hall–Kier alpha value is -3.64. The fraction of sp³-hybridized carbons (Fsp3) is 0. The van der Waals surface area contributed by atoms with Gasteiger partial charge < -0.3 is 15.0 Å². The van der Waals surface area contributed by atoms with Crippen LogP contribution in [0.5, 0.6) is 0 Å². The van der Waals surface area contributed by atoms with Gasteiger partial charge in [-0.25, -0.2) is 9.97 Å². The van der Waals surface area contributed by atoms with Gasteiger partial charge in [0.15, 0.2) is 5.82 Å². The summed E-state index contributed by atoms with van der Waals surface area (Å²) in [5, 5.41) is 4.41. The number of hydrogen-bond acceptors (Lipinski definition) is 6. The van der Waals surface area contributed by atoms with Crippen molar-refractivity contribution < 1.29 is 20.1 Å². The molecule has 43 heavy (non-hydrogen) atoms. The Morgan fingerprint density at radius 2 is 1.33 bits per heavy atom. The van der Waals surface area contributed by atoms with E-state index in [-0.39, 0.29) is 20.1 Å². The first-order valence-corrected chi connectivity index (χ1v) is 16.3. The molecule has 0 aliphatic carbocycles. The number of para-hydroxylation sites is 2. The summed E-state index contributed by atoms with van der Waals surface area (Å²) in [6.07, 6.45) is 5.22. The number of rotatable bonds is 2. The summed E-state index contributed by atoms with van der Waals surface area (Å²) in [7, 11) is -0.526. The maximum Gasteiger partial charge on any atom is 0.150 e. The SMILES string of the molecule is [Ir].[c-]1c(-c2ccccn2)cc2c3c1Sc1ccccc1P3c1ccccc1S2.c1cnc(-c2nc3ccccc3[n-]2)nc1. The Labute approximate surface area is 272 Å². The van der Waals surface area contributed by atoms with Gasteiger partial charge in [0.25, 0.3) is 0 Å². The smallest absolute Gasteiger partial charge is 0.150 e. The second kappa shape index (κ2) is 12.2. The molecule has 4 aromatic carbocycles. The zero-order valence-corrected chi connectivity index (χ0v) is 27.3. The summed E-state index contributed by atoms with van der Waals surface area (Å²) in [6.45, 7) is 0. The van der Waals surface area contributed by atoms with E-state index in [4.69, 9.17) is 0 Å². The molecule has 0 amide bonds. The van der Waals surface area contributed by atoms with Crippen molar-refractivity contribution in [3.63, 3.8) is 0 Å². The normalized spacial score (nSPS) is 13.9. The Morgan fingerprint density at radius 3 is 2.07 bits per heavy atom. The maximum atomic E-state index is 4.55. The molecule has 0 N–H and O–H groups in total. The third-order valence-corrected chi connectivity index (χ3v) is 12.3. The predicted molar refractivity (Wildman–Crippen MR) is 172 cm³/mol. The second-order valence-corrected chi connectivity index (χ2v) is 13.7. The van der Waals surface area contributed by atoms with Gasteiger partial charge in [0.1, 0.15) is 0 Å². The largest absolute Gasteiger partial charge is 0.433 e.